The molecular weight excluding hydrogens is 252 g/mol. The number of benzene rings is 1. The first kappa shape index (κ1) is 12.3. The predicted octanol–water partition coefficient (Wildman–Crippen LogP) is 2.15. The Morgan fingerprint density at radius 2 is 1.80 bits per heavy atom. The molecule has 0 saturated heterocycles. The molecule has 1 aromatic carbocycles. The number of carbonyl (C=O) groups is 1. The number of aryl methyl sites for hydroxylation is 1. The number of aromatic nitrogens is 4. The van der Waals surface area contributed by atoms with Crippen molar-refractivity contribution in [3.05, 3.63) is 59.9 Å². The summed E-state index contributed by atoms with van der Waals surface area (Å²) in [6.45, 7) is 1.81. The number of nitrogens with zero attached hydrogens (tertiary/aromatic N) is 4. The largest absolute Gasteiger partial charge is 0.294 e. The molecule has 0 unspecified atom stereocenters. The highest BCUT2D eigenvalue weighted by Gasteiger charge is 2.09. The van der Waals surface area contributed by atoms with Gasteiger partial charge in [-0.1, -0.05) is 0 Å². The van der Waals surface area contributed by atoms with Crippen LogP contribution in [-0.2, 0) is 6.42 Å². The van der Waals surface area contributed by atoms with E-state index in [1.54, 1.807) is 49.8 Å². The van der Waals surface area contributed by atoms with Gasteiger partial charge in [0.1, 0.15) is 5.82 Å². The van der Waals surface area contributed by atoms with Crippen molar-refractivity contribution in [3.63, 3.8) is 0 Å². The van der Waals surface area contributed by atoms with Gasteiger partial charge in [-0.05, 0) is 31.2 Å². The monoisotopic (exact) mass is 264 g/mol. The van der Waals surface area contributed by atoms with Crippen molar-refractivity contribution >= 4 is 16.8 Å². The van der Waals surface area contributed by atoms with E-state index in [9.17, 15) is 4.79 Å². The molecule has 2 heterocycles. The van der Waals surface area contributed by atoms with E-state index in [0.29, 0.717) is 11.4 Å². The summed E-state index contributed by atoms with van der Waals surface area (Å²) in [5.41, 5.74) is 2.84. The van der Waals surface area contributed by atoms with Crippen molar-refractivity contribution in [2.24, 2.45) is 0 Å². The van der Waals surface area contributed by atoms with Crippen molar-refractivity contribution in [1.82, 2.24) is 19.9 Å². The molecule has 0 bridgehead atoms. The molecule has 3 aromatic rings. The van der Waals surface area contributed by atoms with Crippen LogP contribution >= 0.6 is 0 Å². The van der Waals surface area contributed by atoms with Gasteiger partial charge in [0, 0.05) is 24.2 Å². The highest BCUT2D eigenvalue weighted by molar-refractivity contribution is 5.99. The second-order valence-corrected chi connectivity index (χ2v) is 4.45. The second-order valence-electron chi connectivity index (χ2n) is 4.45. The lowest BCUT2D eigenvalue weighted by Gasteiger charge is -2.03. The normalized spacial score (nSPS) is 10.7. The summed E-state index contributed by atoms with van der Waals surface area (Å²) in [4.78, 5) is 28.9. The van der Waals surface area contributed by atoms with E-state index in [-0.39, 0.29) is 12.2 Å². The van der Waals surface area contributed by atoms with Gasteiger partial charge in [0.05, 0.1) is 23.1 Å². The van der Waals surface area contributed by atoms with Crippen LogP contribution < -0.4 is 0 Å². The fourth-order valence-corrected chi connectivity index (χ4v) is 2.01. The van der Waals surface area contributed by atoms with Crippen LogP contribution in [0.5, 0.6) is 0 Å². The Bertz CT molecular complexity index is 785. The molecule has 0 aliphatic heterocycles. The topological polar surface area (TPSA) is 68.6 Å². The first-order valence-corrected chi connectivity index (χ1v) is 6.25. The molecule has 0 aliphatic rings. The van der Waals surface area contributed by atoms with Crippen LogP contribution in [0.1, 0.15) is 21.9 Å². The van der Waals surface area contributed by atoms with Crippen LogP contribution in [0.2, 0.25) is 0 Å². The van der Waals surface area contributed by atoms with Crippen molar-refractivity contribution in [3.8, 4) is 0 Å². The summed E-state index contributed by atoms with van der Waals surface area (Å²) in [6.07, 6.45) is 5.17. The van der Waals surface area contributed by atoms with E-state index in [0.717, 1.165) is 16.7 Å². The zero-order valence-corrected chi connectivity index (χ0v) is 10.9. The molecule has 0 saturated carbocycles. The molecule has 0 atom stereocenters. The maximum atomic E-state index is 12.3. The average molecular weight is 264 g/mol. The quantitative estimate of drug-likeness (QED) is 0.678. The van der Waals surface area contributed by atoms with Gasteiger partial charge in [0.2, 0.25) is 0 Å². The van der Waals surface area contributed by atoms with Crippen LogP contribution in [0.15, 0.2) is 42.9 Å². The lowest BCUT2D eigenvalue weighted by molar-refractivity contribution is 0.0992. The van der Waals surface area contributed by atoms with E-state index >= 15 is 0 Å². The molecule has 0 N–H and O–H groups in total. The lowest BCUT2D eigenvalue weighted by Crippen LogP contribution is -2.06. The molecule has 5 nitrogen and oxygen atoms in total. The Morgan fingerprint density at radius 3 is 2.60 bits per heavy atom. The van der Waals surface area contributed by atoms with Crippen LogP contribution in [0.3, 0.4) is 0 Å². The van der Waals surface area contributed by atoms with Gasteiger partial charge in [0.15, 0.2) is 5.78 Å². The van der Waals surface area contributed by atoms with Crippen LogP contribution in [-0.4, -0.2) is 25.7 Å². The number of hydrogen-bond acceptors (Lipinski definition) is 5. The van der Waals surface area contributed by atoms with Gasteiger partial charge < -0.3 is 0 Å². The number of carbonyl (C=O) groups excluding carboxylic acids is 1. The highest BCUT2D eigenvalue weighted by Crippen LogP contribution is 2.13. The molecule has 3 rings (SSSR count). The lowest BCUT2D eigenvalue weighted by atomic mass is 10.1. The molecule has 0 fully saturated rings. The Kier molecular flexibility index (Phi) is 3.16. The zero-order valence-electron chi connectivity index (χ0n) is 10.9. The van der Waals surface area contributed by atoms with Crippen LogP contribution in [0.4, 0.5) is 0 Å². The average Bonchev–Trinajstić information content (AvgIpc) is 2.47. The Balaban J connectivity index is 1.88. The van der Waals surface area contributed by atoms with Gasteiger partial charge in [0.25, 0.3) is 0 Å². The molecule has 5 heteroatoms. The summed E-state index contributed by atoms with van der Waals surface area (Å²) in [5.74, 6) is 0.676. The second kappa shape index (κ2) is 5.13. The third-order valence-corrected chi connectivity index (χ3v) is 2.97. The molecule has 20 heavy (non-hydrogen) atoms. The fraction of sp³-hybridized carbons (Fsp3) is 0.133. The zero-order chi connectivity index (χ0) is 13.9. The Hall–Kier alpha value is -2.69. The summed E-state index contributed by atoms with van der Waals surface area (Å²) >= 11 is 0. The third kappa shape index (κ3) is 2.51. The molecule has 0 amide bonds. The van der Waals surface area contributed by atoms with Crippen molar-refractivity contribution in [2.75, 3.05) is 0 Å². The van der Waals surface area contributed by atoms with Gasteiger partial charge in [-0.3, -0.25) is 14.8 Å². The first-order chi connectivity index (χ1) is 9.72. The van der Waals surface area contributed by atoms with Gasteiger partial charge in [-0.15, -0.1) is 0 Å². The maximum absolute atomic E-state index is 12.3. The highest BCUT2D eigenvalue weighted by atomic mass is 16.1. The number of ketones is 1. The van der Waals surface area contributed by atoms with Gasteiger partial charge >= 0.3 is 0 Å². The standard InChI is InChI=1S/C15H12N4O/c1-10-16-5-4-12(19-10)9-15(20)11-2-3-13-14(8-11)18-7-6-17-13/h2-8H,9H2,1H3. The SMILES string of the molecule is Cc1nccc(CC(=O)c2ccc3nccnc3c2)n1. The molecular formula is C15H12N4O. The van der Waals surface area contributed by atoms with Crippen LogP contribution in [0.25, 0.3) is 11.0 Å². The Morgan fingerprint density at radius 1 is 1.00 bits per heavy atom. The van der Waals surface area contributed by atoms with Crippen molar-refractivity contribution in [1.29, 1.82) is 0 Å². The number of Topliss-reactive ketones (excluding diaryl/α,β-unsaturated/α-hetero) is 1. The van der Waals surface area contributed by atoms with E-state index < -0.39 is 0 Å². The molecule has 98 valence electrons. The van der Waals surface area contributed by atoms with Gasteiger partial charge in [-0.25, -0.2) is 9.97 Å². The molecule has 2 aromatic heterocycles. The van der Waals surface area contributed by atoms with E-state index in [1.165, 1.54) is 0 Å². The molecule has 0 radical (unpaired) electrons. The van der Waals surface area contributed by atoms with E-state index in [4.69, 9.17) is 0 Å². The Labute approximate surface area is 115 Å². The smallest absolute Gasteiger partial charge is 0.168 e. The number of rotatable bonds is 3. The summed E-state index contributed by atoms with van der Waals surface area (Å²) in [7, 11) is 0. The first-order valence-electron chi connectivity index (χ1n) is 6.25. The van der Waals surface area contributed by atoms with Crippen molar-refractivity contribution < 1.29 is 4.79 Å². The minimum Gasteiger partial charge on any atom is -0.294 e. The summed E-state index contributed by atoms with van der Waals surface area (Å²) in [6, 6.07) is 7.10. The minimum atomic E-state index is 0.00986. The predicted molar refractivity (Wildman–Crippen MR) is 74.3 cm³/mol. The third-order valence-electron chi connectivity index (χ3n) is 2.97. The maximum Gasteiger partial charge on any atom is 0.168 e. The van der Waals surface area contributed by atoms with Gasteiger partial charge in [-0.2, -0.15) is 0 Å². The van der Waals surface area contributed by atoms with Crippen LogP contribution in [0, 0.1) is 6.92 Å². The fourth-order valence-electron chi connectivity index (χ4n) is 2.01. The minimum absolute atomic E-state index is 0.00986. The number of hydrogen-bond donors (Lipinski definition) is 0. The number of fused-ring (bicyclic) bond motifs is 1. The molecule has 0 aliphatic carbocycles. The van der Waals surface area contributed by atoms with Crippen molar-refractivity contribution in [2.45, 2.75) is 13.3 Å². The molecule has 0 spiro atoms. The summed E-state index contributed by atoms with van der Waals surface area (Å²) < 4.78 is 0. The van der Waals surface area contributed by atoms with E-state index in [2.05, 4.69) is 19.9 Å². The van der Waals surface area contributed by atoms with E-state index in [1.807, 2.05) is 0 Å². The summed E-state index contributed by atoms with van der Waals surface area (Å²) in [5, 5.41) is 0.